The molecule has 0 amide bonds. The number of aryl methyl sites for hydroxylation is 1. The Morgan fingerprint density at radius 3 is 2.38 bits per heavy atom. The minimum Gasteiger partial charge on any atom is -0.460 e. The van der Waals surface area contributed by atoms with Crippen LogP contribution in [0, 0.1) is 6.92 Å². The molecule has 1 rings (SSSR count). The summed E-state index contributed by atoms with van der Waals surface area (Å²) in [7, 11) is 1.42. The summed E-state index contributed by atoms with van der Waals surface area (Å²) in [6.45, 7) is 7.64. The van der Waals surface area contributed by atoms with Crippen molar-refractivity contribution >= 4 is 25.7 Å². The number of esters is 1. The average Bonchev–Trinajstić information content (AvgIpc) is 2.32. The van der Waals surface area contributed by atoms with Gasteiger partial charge in [-0.3, -0.25) is 0 Å². The second-order valence-corrected chi connectivity index (χ2v) is 8.05. The highest BCUT2D eigenvalue weighted by Gasteiger charge is 2.17. The van der Waals surface area contributed by atoms with E-state index in [0.717, 1.165) is 0 Å². The molecule has 5 nitrogen and oxygen atoms in total. The fourth-order valence-corrected chi connectivity index (χ4v) is 2.77. The minimum atomic E-state index is -3.89. The number of ether oxygens (including phenoxy) is 2. The topological polar surface area (TPSA) is 69.7 Å². The van der Waals surface area contributed by atoms with Crippen molar-refractivity contribution < 1.29 is 22.7 Å². The molecule has 118 valence electrons. The van der Waals surface area contributed by atoms with E-state index < -0.39 is 15.0 Å². The number of carbonyl (C=O) groups is 1. The quantitative estimate of drug-likeness (QED) is 0.470. The van der Waals surface area contributed by atoms with Gasteiger partial charge in [-0.2, -0.15) is 0 Å². The van der Waals surface area contributed by atoms with Crippen LogP contribution >= 0.6 is 10.7 Å². The summed E-state index contributed by atoms with van der Waals surface area (Å²) >= 11 is 0. The zero-order valence-corrected chi connectivity index (χ0v) is 14.0. The lowest BCUT2D eigenvalue weighted by molar-refractivity contribution is -0.0281. The van der Waals surface area contributed by atoms with Crippen LogP contribution in [0.4, 0.5) is 0 Å². The molecule has 1 aromatic rings. The molecular formula is C14H19ClO5S. The summed E-state index contributed by atoms with van der Waals surface area (Å²) < 4.78 is 33.2. The first-order chi connectivity index (χ1) is 9.50. The lowest BCUT2D eigenvalue weighted by Gasteiger charge is -2.19. The van der Waals surface area contributed by atoms with Crippen molar-refractivity contribution in [3.63, 3.8) is 0 Å². The molecule has 0 aliphatic rings. The Labute approximate surface area is 129 Å². The van der Waals surface area contributed by atoms with E-state index in [2.05, 4.69) is 0 Å². The molecule has 0 heterocycles. The molecule has 0 unspecified atom stereocenters. The van der Waals surface area contributed by atoms with Gasteiger partial charge in [-0.15, -0.1) is 0 Å². The van der Waals surface area contributed by atoms with Crippen LogP contribution < -0.4 is 0 Å². The van der Waals surface area contributed by atoms with E-state index in [4.69, 9.17) is 20.2 Å². The molecule has 0 aliphatic heterocycles. The van der Waals surface area contributed by atoms with Crippen molar-refractivity contribution in [2.75, 3.05) is 13.2 Å². The maximum absolute atomic E-state index is 11.8. The number of benzene rings is 1. The molecule has 0 saturated heterocycles. The van der Waals surface area contributed by atoms with Crippen LogP contribution in [0.1, 0.15) is 36.7 Å². The van der Waals surface area contributed by atoms with Crippen LogP contribution in [0.15, 0.2) is 23.1 Å². The maximum atomic E-state index is 11.8. The molecule has 1 aromatic carbocycles. The first kappa shape index (κ1) is 17.9. The Morgan fingerprint density at radius 2 is 1.86 bits per heavy atom. The van der Waals surface area contributed by atoms with Crippen LogP contribution in [0.5, 0.6) is 0 Å². The van der Waals surface area contributed by atoms with Crippen LogP contribution in [0.3, 0.4) is 0 Å². The number of rotatable bonds is 5. The van der Waals surface area contributed by atoms with Gasteiger partial charge in [-0.25, -0.2) is 13.2 Å². The number of hydrogen-bond acceptors (Lipinski definition) is 5. The lowest BCUT2D eigenvalue weighted by atomic mass is 10.1. The second kappa shape index (κ2) is 6.77. The molecule has 0 radical (unpaired) electrons. The predicted octanol–water partition coefficient (Wildman–Crippen LogP) is 2.89. The molecular weight excluding hydrogens is 316 g/mol. The van der Waals surface area contributed by atoms with Crippen molar-refractivity contribution in [3.8, 4) is 0 Å². The van der Waals surface area contributed by atoms with Crippen molar-refractivity contribution in [1.29, 1.82) is 0 Å². The third-order valence-electron chi connectivity index (χ3n) is 2.54. The van der Waals surface area contributed by atoms with E-state index in [1.807, 2.05) is 20.8 Å². The van der Waals surface area contributed by atoms with E-state index in [9.17, 15) is 13.2 Å². The summed E-state index contributed by atoms with van der Waals surface area (Å²) in [5, 5.41) is 0. The number of carbonyl (C=O) groups excluding carboxylic acids is 1. The Balaban J connectivity index is 2.72. The van der Waals surface area contributed by atoms with Gasteiger partial charge in [0.15, 0.2) is 0 Å². The summed E-state index contributed by atoms with van der Waals surface area (Å²) in [6, 6.07) is 4.22. The van der Waals surface area contributed by atoms with Crippen molar-refractivity contribution in [2.45, 2.75) is 38.2 Å². The van der Waals surface area contributed by atoms with Crippen LogP contribution in [0.25, 0.3) is 0 Å². The lowest BCUT2D eigenvalue weighted by Crippen LogP contribution is -2.22. The molecule has 0 aromatic heterocycles. The van der Waals surface area contributed by atoms with Gasteiger partial charge in [0.25, 0.3) is 9.05 Å². The standard InChI is InChI=1S/C14H19ClO5S/c1-10-5-6-11(9-12(10)21(15,17)18)13(16)19-7-8-20-14(2,3)4/h5-6,9H,7-8H2,1-4H3. The molecule has 0 atom stereocenters. The fraction of sp³-hybridized carbons (Fsp3) is 0.500. The Hall–Kier alpha value is -1.11. The smallest absolute Gasteiger partial charge is 0.338 e. The summed E-state index contributed by atoms with van der Waals surface area (Å²) in [5.74, 6) is -0.617. The van der Waals surface area contributed by atoms with Gasteiger partial charge in [0, 0.05) is 10.7 Å². The normalized spacial score (nSPS) is 12.2. The van der Waals surface area contributed by atoms with Crippen molar-refractivity contribution in [1.82, 2.24) is 0 Å². The maximum Gasteiger partial charge on any atom is 0.338 e. The van der Waals surface area contributed by atoms with Gasteiger partial charge in [0.05, 0.1) is 22.7 Å². The molecule has 0 bridgehead atoms. The Kier molecular flexibility index (Phi) is 5.78. The molecule has 0 fully saturated rings. The van der Waals surface area contributed by atoms with E-state index in [1.54, 1.807) is 6.92 Å². The van der Waals surface area contributed by atoms with E-state index in [1.165, 1.54) is 18.2 Å². The molecule has 0 aliphatic carbocycles. The predicted molar refractivity (Wildman–Crippen MR) is 80.2 cm³/mol. The highest BCUT2D eigenvalue weighted by atomic mass is 35.7. The van der Waals surface area contributed by atoms with Crippen LogP contribution in [0.2, 0.25) is 0 Å². The zero-order chi connectivity index (χ0) is 16.3. The van der Waals surface area contributed by atoms with Gasteiger partial charge in [-0.05, 0) is 45.4 Å². The van der Waals surface area contributed by atoms with Gasteiger partial charge < -0.3 is 9.47 Å². The molecule has 0 N–H and O–H groups in total. The van der Waals surface area contributed by atoms with E-state index >= 15 is 0 Å². The Bertz CT molecular complexity index is 617. The molecule has 21 heavy (non-hydrogen) atoms. The average molecular weight is 335 g/mol. The largest absolute Gasteiger partial charge is 0.460 e. The van der Waals surface area contributed by atoms with Gasteiger partial charge in [0.2, 0.25) is 0 Å². The summed E-state index contributed by atoms with van der Waals surface area (Å²) in [4.78, 5) is 11.8. The first-order valence-corrected chi connectivity index (χ1v) is 8.68. The van der Waals surface area contributed by atoms with E-state index in [-0.39, 0.29) is 29.3 Å². The van der Waals surface area contributed by atoms with Gasteiger partial charge >= 0.3 is 5.97 Å². The fourth-order valence-electron chi connectivity index (χ4n) is 1.56. The highest BCUT2D eigenvalue weighted by molar-refractivity contribution is 8.13. The number of hydrogen-bond donors (Lipinski definition) is 0. The monoisotopic (exact) mass is 334 g/mol. The summed E-state index contributed by atoms with van der Waals surface area (Å²) in [6.07, 6.45) is 0. The van der Waals surface area contributed by atoms with Crippen molar-refractivity contribution in [2.24, 2.45) is 0 Å². The molecule has 7 heteroatoms. The number of halogens is 1. The van der Waals surface area contributed by atoms with Crippen LogP contribution in [-0.2, 0) is 18.5 Å². The van der Waals surface area contributed by atoms with Crippen molar-refractivity contribution in [3.05, 3.63) is 29.3 Å². The van der Waals surface area contributed by atoms with Gasteiger partial charge in [0.1, 0.15) is 6.61 Å². The minimum absolute atomic E-state index is 0.0902. The SMILES string of the molecule is Cc1ccc(C(=O)OCCOC(C)(C)C)cc1S(=O)(=O)Cl. The molecule has 0 saturated carbocycles. The van der Waals surface area contributed by atoms with Gasteiger partial charge in [-0.1, -0.05) is 6.07 Å². The summed E-state index contributed by atoms with van der Waals surface area (Å²) in [5.41, 5.74) is 0.295. The molecule has 0 spiro atoms. The second-order valence-electron chi connectivity index (χ2n) is 5.51. The first-order valence-electron chi connectivity index (χ1n) is 6.37. The highest BCUT2D eigenvalue weighted by Crippen LogP contribution is 2.21. The Morgan fingerprint density at radius 1 is 1.24 bits per heavy atom. The third kappa shape index (κ3) is 6.03. The van der Waals surface area contributed by atoms with Crippen LogP contribution in [-0.4, -0.2) is 33.2 Å². The third-order valence-corrected chi connectivity index (χ3v) is 4.00. The van der Waals surface area contributed by atoms with E-state index in [0.29, 0.717) is 5.56 Å². The zero-order valence-electron chi connectivity index (χ0n) is 12.5.